The van der Waals surface area contributed by atoms with Crippen molar-refractivity contribution in [1.29, 1.82) is 0 Å². The zero-order chi connectivity index (χ0) is 14.9. The summed E-state index contributed by atoms with van der Waals surface area (Å²) in [5, 5.41) is 9.13. The second-order valence-electron chi connectivity index (χ2n) is 4.59. The van der Waals surface area contributed by atoms with E-state index in [0.29, 0.717) is 10.5 Å². The van der Waals surface area contributed by atoms with Crippen LogP contribution < -0.4 is 0 Å². The Kier molecular flexibility index (Phi) is 3.69. The molecule has 1 saturated heterocycles. The molecule has 0 bridgehead atoms. The summed E-state index contributed by atoms with van der Waals surface area (Å²) >= 11 is 0. The van der Waals surface area contributed by atoms with Crippen LogP contribution >= 0.6 is 0 Å². The number of rotatable bonds is 2. The summed E-state index contributed by atoms with van der Waals surface area (Å²) in [5.41, 5.74) is 0.398. The van der Waals surface area contributed by atoms with Crippen LogP contribution in [0.1, 0.15) is 18.0 Å². The lowest BCUT2D eigenvalue weighted by atomic mass is 9.94. The summed E-state index contributed by atoms with van der Waals surface area (Å²) in [7, 11) is 0. The molecule has 4 nitrogen and oxygen atoms in total. The largest absolute Gasteiger partial charge is 0.481 e. The van der Waals surface area contributed by atoms with E-state index in [9.17, 15) is 22.8 Å². The van der Waals surface area contributed by atoms with Crippen molar-refractivity contribution in [1.82, 2.24) is 4.90 Å². The summed E-state index contributed by atoms with van der Waals surface area (Å²) in [6.07, 6.45) is -4.99. The van der Waals surface area contributed by atoms with Crippen molar-refractivity contribution >= 4 is 11.9 Å². The molecular formula is C13H12F3NO3. The van der Waals surface area contributed by atoms with Crippen molar-refractivity contribution < 1.29 is 27.9 Å². The lowest BCUT2D eigenvalue weighted by Gasteiger charge is -2.27. The highest BCUT2D eigenvalue weighted by molar-refractivity contribution is 5.84. The van der Waals surface area contributed by atoms with E-state index >= 15 is 0 Å². The smallest absolute Gasteiger partial charge is 0.471 e. The lowest BCUT2D eigenvalue weighted by molar-refractivity contribution is -0.187. The number of aliphatic carboxylic acids is 1. The normalized spacial score (nSPS) is 22.9. The number of carbonyl (C=O) groups excluding carboxylic acids is 1. The summed E-state index contributed by atoms with van der Waals surface area (Å²) in [5.74, 6) is -4.21. The van der Waals surface area contributed by atoms with E-state index in [1.54, 1.807) is 18.2 Å². The minimum absolute atomic E-state index is 0.0106. The van der Waals surface area contributed by atoms with Crippen molar-refractivity contribution in [3.05, 3.63) is 35.9 Å². The fraction of sp³-hybridized carbons (Fsp3) is 0.385. The van der Waals surface area contributed by atoms with Gasteiger partial charge in [-0.1, -0.05) is 30.3 Å². The molecule has 1 aromatic carbocycles. The quantitative estimate of drug-likeness (QED) is 0.907. The van der Waals surface area contributed by atoms with Gasteiger partial charge in [0, 0.05) is 6.54 Å². The predicted molar refractivity (Wildman–Crippen MR) is 62.7 cm³/mol. The molecule has 1 fully saturated rings. The van der Waals surface area contributed by atoms with Gasteiger partial charge in [0.05, 0.1) is 12.0 Å². The van der Waals surface area contributed by atoms with Gasteiger partial charge >= 0.3 is 18.1 Å². The third kappa shape index (κ3) is 2.61. The average Bonchev–Trinajstić information content (AvgIpc) is 2.82. The van der Waals surface area contributed by atoms with Crippen molar-refractivity contribution in [3.63, 3.8) is 0 Å². The second kappa shape index (κ2) is 5.15. The number of carboxylic acid groups (broad SMARTS) is 1. The van der Waals surface area contributed by atoms with Gasteiger partial charge in [-0.25, -0.2) is 0 Å². The Morgan fingerprint density at radius 2 is 1.80 bits per heavy atom. The number of nitrogens with zero attached hydrogens (tertiary/aromatic N) is 1. The van der Waals surface area contributed by atoms with Crippen molar-refractivity contribution in [2.75, 3.05) is 6.54 Å². The maximum absolute atomic E-state index is 12.6. The van der Waals surface area contributed by atoms with Gasteiger partial charge in [0.1, 0.15) is 0 Å². The van der Waals surface area contributed by atoms with Crippen LogP contribution in [0.2, 0.25) is 0 Å². The predicted octanol–water partition coefficient (Wildman–Crippen LogP) is 2.22. The number of carboxylic acids is 1. The first-order valence-corrected chi connectivity index (χ1v) is 5.98. The van der Waals surface area contributed by atoms with Gasteiger partial charge in [0.25, 0.3) is 0 Å². The Bertz CT molecular complexity index is 515. The van der Waals surface area contributed by atoms with E-state index in [4.69, 9.17) is 5.11 Å². The van der Waals surface area contributed by atoms with Crippen molar-refractivity contribution in [2.24, 2.45) is 5.92 Å². The van der Waals surface area contributed by atoms with E-state index in [1.807, 2.05) is 0 Å². The van der Waals surface area contributed by atoms with Gasteiger partial charge in [-0.15, -0.1) is 0 Å². The van der Waals surface area contributed by atoms with E-state index in [2.05, 4.69) is 0 Å². The molecule has 1 heterocycles. The van der Waals surface area contributed by atoms with Gasteiger partial charge in [-0.3, -0.25) is 9.59 Å². The van der Waals surface area contributed by atoms with E-state index in [1.165, 1.54) is 12.1 Å². The average molecular weight is 287 g/mol. The Morgan fingerprint density at radius 1 is 1.20 bits per heavy atom. The van der Waals surface area contributed by atoms with Crippen LogP contribution in [-0.2, 0) is 9.59 Å². The molecule has 7 heteroatoms. The topological polar surface area (TPSA) is 57.6 Å². The van der Waals surface area contributed by atoms with E-state index in [-0.39, 0.29) is 13.0 Å². The zero-order valence-corrected chi connectivity index (χ0v) is 10.3. The molecule has 1 N–H and O–H groups in total. The fourth-order valence-electron chi connectivity index (χ4n) is 2.50. The minimum atomic E-state index is -5.00. The molecule has 0 aromatic heterocycles. The number of likely N-dealkylation sites (tertiary alicyclic amines) is 1. The zero-order valence-electron chi connectivity index (χ0n) is 10.3. The maximum Gasteiger partial charge on any atom is 0.471 e. The van der Waals surface area contributed by atoms with Gasteiger partial charge in [0.2, 0.25) is 0 Å². The summed E-state index contributed by atoms with van der Waals surface area (Å²) < 4.78 is 37.7. The van der Waals surface area contributed by atoms with Crippen LogP contribution in [0.25, 0.3) is 0 Å². The molecule has 2 unspecified atom stereocenters. The van der Waals surface area contributed by atoms with Crippen LogP contribution in [0.4, 0.5) is 13.2 Å². The Labute approximate surface area is 112 Å². The highest BCUT2D eigenvalue weighted by Crippen LogP contribution is 2.39. The molecule has 2 rings (SSSR count). The van der Waals surface area contributed by atoms with Crippen molar-refractivity contribution in [3.8, 4) is 0 Å². The number of alkyl halides is 3. The molecule has 0 aliphatic carbocycles. The SMILES string of the molecule is O=C(O)C1CCN(C(=O)C(F)(F)F)C1c1ccccc1. The number of halogens is 3. The molecule has 0 saturated carbocycles. The number of hydrogen-bond donors (Lipinski definition) is 1. The summed E-state index contributed by atoms with van der Waals surface area (Å²) in [6, 6.07) is 6.85. The maximum atomic E-state index is 12.6. The summed E-state index contributed by atoms with van der Waals surface area (Å²) in [6.45, 7) is -0.213. The summed E-state index contributed by atoms with van der Waals surface area (Å²) in [4.78, 5) is 23.2. The number of benzene rings is 1. The first kappa shape index (κ1) is 14.4. The molecule has 108 valence electrons. The van der Waals surface area contributed by atoms with Gasteiger partial charge in [0.15, 0.2) is 0 Å². The molecule has 1 aromatic rings. The van der Waals surface area contributed by atoms with Crippen LogP contribution in [0, 0.1) is 5.92 Å². The third-order valence-corrected chi connectivity index (χ3v) is 3.36. The second-order valence-corrected chi connectivity index (χ2v) is 4.59. The highest BCUT2D eigenvalue weighted by atomic mass is 19.4. The van der Waals surface area contributed by atoms with Gasteiger partial charge in [-0.05, 0) is 12.0 Å². The van der Waals surface area contributed by atoms with Gasteiger partial charge in [-0.2, -0.15) is 13.2 Å². The Balaban J connectivity index is 2.38. The molecule has 1 aliphatic heterocycles. The number of hydrogen-bond acceptors (Lipinski definition) is 2. The minimum Gasteiger partial charge on any atom is -0.481 e. The monoisotopic (exact) mass is 287 g/mol. The standard InChI is InChI=1S/C13H12F3NO3/c14-13(15,16)12(20)17-7-6-9(11(18)19)10(17)8-4-2-1-3-5-8/h1-5,9-10H,6-7H2,(H,18,19). The fourth-order valence-corrected chi connectivity index (χ4v) is 2.50. The molecular weight excluding hydrogens is 275 g/mol. The number of amides is 1. The van der Waals surface area contributed by atoms with Crippen LogP contribution in [-0.4, -0.2) is 34.6 Å². The molecule has 2 atom stereocenters. The molecule has 20 heavy (non-hydrogen) atoms. The van der Waals surface area contributed by atoms with E-state index in [0.717, 1.165) is 0 Å². The van der Waals surface area contributed by atoms with Crippen LogP contribution in [0.5, 0.6) is 0 Å². The Morgan fingerprint density at radius 3 is 2.30 bits per heavy atom. The molecule has 0 spiro atoms. The van der Waals surface area contributed by atoms with E-state index < -0.39 is 30.0 Å². The van der Waals surface area contributed by atoms with Crippen molar-refractivity contribution in [2.45, 2.75) is 18.6 Å². The van der Waals surface area contributed by atoms with Gasteiger partial charge < -0.3 is 10.0 Å². The molecule has 1 aliphatic rings. The molecule has 0 radical (unpaired) electrons. The highest BCUT2D eigenvalue weighted by Gasteiger charge is 2.50. The number of carbonyl (C=O) groups is 2. The lowest BCUT2D eigenvalue weighted by Crippen LogP contribution is -2.42. The van der Waals surface area contributed by atoms with Crippen LogP contribution in [0.3, 0.4) is 0 Å². The molecule has 1 amide bonds. The first-order valence-electron chi connectivity index (χ1n) is 5.98. The third-order valence-electron chi connectivity index (χ3n) is 3.36. The first-order chi connectivity index (χ1) is 9.32. The Hall–Kier alpha value is -2.05. The van der Waals surface area contributed by atoms with Crippen LogP contribution in [0.15, 0.2) is 30.3 Å².